The minimum Gasteiger partial charge on any atom is -0.496 e. The van der Waals surface area contributed by atoms with Crippen molar-refractivity contribution in [2.45, 2.75) is 13.1 Å². The molecule has 0 fully saturated rings. The minimum atomic E-state index is -0.182. The molecule has 0 bridgehead atoms. The van der Waals surface area contributed by atoms with Crippen LogP contribution in [-0.2, 0) is 13.1 Å². The summed E-state index contributed by atoms with van der Waals surface area (Å²) in [6.07, 6.45) is 0. The van der Waals surface area contributed by atoms with Crippen LogP contribution in [0.2, 0.25) is 0 Å². The number of nitrogens with one attached hydrogen (secondary N) is 1. The predicted molar refractivity (Wildman–Crippen MR) is 98.8 cm³/mol. The number of rotatable bonds is 7. The number of nitrogens with two attached hydrogens (primary N) is 1. The summed E-state index contributed by atoms with van der Waals surface area (Å²) >= 11 is 0. The highest BCUT2D eigenvalue weighted by Gasteiger charge is 2.14. The summed E-state index contributed by atoms with van der Waals surface area (Å²) < 4.78 is 16.0. The van der Waals surface area contributed by atoms with E-state index in [0.717, 1.165) is 11.1 Å². The first-order chi connectivity index (χ1) is 11.6. The molecule has 1 amide bonds. The summed E-state index contributed by atoms with van der Waals surface area (Å²) in [5, 5.41) is 2.87. The Morgan fingerprint density at radius 3 is 2.00 bits per heavy atom. The quantitative estimate of drug-likeness (QED) is 0.786. The van der Waals surface area contributed by atoms with Gasteiger partial charge in [0.2, 0.25) is 0 Å². The van der Waals surface area contributed by atoms with Gasteiger partial charge in [-0.2, -0.15) is 0 Å². The lowest BCUT2D eigenvalue weighted by molar-refractivity contribution is 0.0950. The fraction of sp³-hybridized carbons (Fsp3) is 0.278. The van der Waals surface area contributed by atoms with E-state index in [-0.39, 0.29) is 24.9 Å². The van der Waals surface area contributed by atoms with Gasteiger partial charge in [-0.25, -0.2) is 0 Å². The topological polar surface area (TPSA) is 82.8 Å². The monoisotopic (exact) mass is 366 g/mol. The maximum absolute atomic E-state index is 12.3. The van der Waals surface area contributed by atoms with Crippen LogP contribution in [0.1, 0.15) is 21.5 Å². The van der Waals surface area contributed by atoms with Crippen molar-refractivity contribution in [2.24, 2.45) is 5.73 Å². The molecular weight excluding hydrogens is 344 g/mol. The average molecular weight is 367 g/mol. The van der Waals surface area contributed by atoms with Gasteiger partial charge in [0.15, 0.2) is 0 Å². The van der Waals surface area contributed by atoms with Crippen LogP contribution in [0.15, 0.2) is 36.4 Å². The molecule has 0 spiro atoms. The van der Waals surface area contributed by atoms with Crippen molar-refractivity contribution in [1.29, 1.82) is 0 Å². The highest BCUT2D eigenvalue weighted by molar-refractivity contribution is 5.94. The Balaban J connectivity index is 0.00000312. The van der Waals surface area contributed by atoms with E-state index in [1.54, 1.807) is 45.6 Å². The van der Waals surface area contributed by atoms with Crippen molar-refractivity contribution in [2.75, 3.05) is 21.3 Å². The molecule has 0 heterocycles. The molecule has 2 aromatic rings. The number of methoxy groups -OCH3 is 3. The fourth-order valence-electron chi connectivity index (χ4n) is 2.32. The van der Waals surface area contributed by atoms with Crippen LogP contribution in [0.5, 0.6) is 17.2 Å². The van der Waals surface area contributed by atoms with Crippen molar-refractivity contribution in [3.8, 4) is 17.2 Å². The van der Waals surface area contributed by atoms with E-state index in [0.29, 0.717) is 29.4 Å². The standard InChI is InChI=1S/C18H22N2O4.ClH/c1-22-14-8-16(23-2)15(17(9-14)24-3)11-20-18(21)13-6-4-12(10-19)5-7-13;/h4-9H,10-11,19H2,1-3H3,(H,20,21);1H. The highest BCUT2D eigenvalue weighted by atomic mass is 35.5. The fourth-order valence-corrected chi connectivity index (χ4v) is 2.32. The van der Waals surface area contributed by atoms with Crippen LogP contribution < -0.4 is 25.3 Å². The number of ether oxygens (including phenoxy) is 3. The lowest BCUT2D eigenvalue weighted by Crippen LogP contribution is -2.23. The number of hydrogen-bond donors (Lipinski definition) is 2. The van der Waals surface area contributed by atoms with Gasteiger partial charge in [0, 0.05) is 24.2 Å². The van der Waals surface area contributed by atoms with Crippen molar-refractivity contribution in [1.82, 2.24) is 5.32 Å². The Morgan fingerprint density at radius 1 is 1.00 bits per heavy atom. The first-order valence-corrected chi connectivity index (χ1v) is 7.49. The Bertz CT molecular complexity index is 680. The molecule has 2 aromatic carbocycles. The van der Waals surface area contributed by atoms with E-state index in [2.05, 4.69) is 5.32 Å². The van der Waals surface area contributed by atoms with Gasteiger partial charge in [-0.3, -0.25) is 4.79 Å². The Labute approximate surface area is 153 Å². The second-order valence-corrected chi connectivity index (χ2v) is 5.09. The van der Waals surface area contributed by atoms with E-state index >= 15 is 0 Å². The molecule has 0 aliphatic carbocycles. The van der Waals surface area contributed by atoms with Crippen LogP contribution >= 0.6 is 12.4 Å². The number of hydrogen-bond acceptors (Lipinski definition) is 5. The van der Waals surface area contributed by atoms with Crippen LogP contribution in [0.4, 0.5) is 0 Å². The van der Waals surface area contributed by atoms with E-state index < -0.39 is 0 Å². The third kappa shape index (κ3) is 5.01. The largest absolute Gasteiger partial charge is 0.496 e. The summed E-state index contributed by atoms with van der Waals surface area (Å²) in [6, 6.07) is 10.7. The molecule has 3 N–H and O–H groups in total. The molecule has 136 valence electrons. The molecule has 0 radical (unpaired) electrons. The van der Waals surface area contributed by atoms with Gasteiger partial charge in [-0.05, 0) is 17.7 Å². The zero-order valence-corrected chi connectivity index (χ0v) is 15.3. The summed E-state index contributed by atoms with van der Waals surface area (Å²) in [7, 11) is 4.69. The average Bonchev–Trinajstić information content (AvgIpc) is 2.65. The molecule has 25 heavy (non-hydrogen) atoms. The molecule has 7 heteroatoms. The Kier molecular flexibility index (Phi) is 8.04. The van der Waals surface area contributed by atoms with E-state index in [4.69, 9.17) is 19.9 Å². The van der Waals surface area contributed by atoms with Gasteiger partial charge in [0.1, 0.15) is 17.2 Å². The lowest BCUT2D eigenvalue weighted by Gasteiger charge is -2.15. The molecule has 0 unspecified atom stereocenters. The van der Waals surface area contributed by atoms with E-state index in [1.807, 2.05) is 12.1 Å². The first-order valence-electron chi connectivity index (χ1n) is 7.49. The lowest BCUT2D eigenvalue weighted by atomic mass is 10.1. The molecular formula is C18H23ClN2O4. The number of benzene rings is 2. The van der Waals surface area contributed by atoms with Crippen LogP contribution in [-0.4, -0.2) is 27.2 Å². The van der Waals surface area contributed by atoms with Crippen molar-refractivity contribution < 1.29 is 19.0 Å². The third-order valence-corrected chi connectivity index (χ3v) is 3.69. The zero-order valence-electron chi connectivity index (χ0n) is 14.5. The van der Waals surface area contributed by atoms with Gasteiger partial charge in [-0.15, -0.1) is 12.4 Å². The smallest absolute Gasteiger partial charge is 0.251 e. The van der Waals surface area contributed by atoms with E-state index in [9.17, 15) is 4.79 Å². The van der Waals surface area contributed by atoms with Crippen LogP contribution in [0.3, 0.4) is 0 Å². The molecule has 0 aliphatic rings. The molecule has 0 saturated heterocycles. The summed E-state index contributed by atoms with van der Waals surface area (Å²) in [5.41, 5.74) is 7.85. The van der Waals surface area contributed by atoms with Crippen LogP contribution in [0, 0.1) is 0 Å². The molecule has 0 aliphatic heterocycles. The predicted octanol–water partition coefficient (Wildman–Crippen LogP) is 2.52. The normalized spacial score (nSPS) is 9.76. The molecule has 0 saturated carbocycles. The minimum absolute atomic E-state index is 0. The van der Waals surface area contributed by atoms with Crippen molar-refractivity contribution >= 4 is 18.3 Å². The molecule has 2 rings (SSSR count). The summed E-state index contributed by atoms with van der Waals surface area (Å²) in [6.45, 7) is 0.718. The molecule has 0 atom stereocenters. The van der Waals surface area contributed by atoms with Crippen molar-refractivity contribution in [3.63, 3.8) is 0 Å². The maximum Gasteiger partial charge on any atom is 0.251 e. The van der Waals surface area contributed by atoms with Crippen LogP contribution in [0.25, 0.3) is 0 Å². The zero-order chi connectivity index (χ0) is 17.5. The van der Waals surface area contributed by atoms with Gasteiger partial charge >= 0.3 is 0 Å². The van der Waals surface area contributed by atoms with Gasteiger partial charge < -0.3 is 25.3 Å². The SMILES string of the molecule is COc1cc(OC)c(CNC(=O)c2ccc(CN)cc2)c(OC)c1.Cl. The summed E-state index contributed by atoms with van der Waals surface area (Å²) in [5.74, 6) is 1.62. The Hall–Kier alpha value is -2.44. The number of carbonyl (C=O) groups is 1. The first kappa shape index (κ1) is 20.6. The third-order valence-electron chi connectivity index (χ3n) is 3.69. The van der Waals surface area contributed by atoms with Crippen molar-refractivity contribution in [3.05, 3.63) is 53.1 Å². The summed E-state index contributed by atoms with van der Waals surface area (Å²) in [4.78, 5) is 12.3. The number of halogens is 1. The second-order valence-electron chi connectivity index (χ2n) is 5.09. The maximum atomic E-state index is 12.3. The van der Waals surface area contributed by atoms with Gasteiger partial charge in [0.05, 0.1) is 33.4 Å². The Morgan fingerprint density at radius 2 is 1.56 bits per heavy atom. The van der Waals surface area contributed by atoms with Gasteiger partial charge in [0.25, 0.3) is 5.91 Å². The molecule has 0 aromatic heterocycles. The number of amides is 1. The number of carbonyl (C=O) groups excluding carboxylic acids is 1. The second kappa shape index (κ2) is 9.76. The molecule has 6 nitrogen and oxygen atoms in total. The highest BCUT2D eigenvalue weighted by Crippen LogP contribution is 2.33. The van der Waals surface area contributed by atoms with Gasteiger partial charge in [-0.1, -0.05) is 12.1 Å². The van der Waals surface area contributed by atoms with E-state index in [1.165, 1.54) is 0 Å².